The van der Waals surface area contributed by atoms with E-state index in [1.807, 2.05) is 6.08 Å². The van der Waals surface area contributed by atoms with E-state index in [-0.39, 0.29) is 18.5 Å². The van der Waals surface area contributed by atoms with Crippen LogP contribution < -0.4 is 5.32 Å². The zero-order chi connectivity index (χ0) is 48.6. The van der Waals surface area contributed by atoms with Gasteiger partial charge in [-0.3, -0.25) is 9.59 Å². The van der Waals surface area contributed by atoms with Crippen molar-refractivity contribution in [1.29, 1.82) is 0 Å². The molecule has 1 amide bonds. The van der Waals surface area contributed by atoms with E-state index in [2.05, 4.69) is 55.6 Å². The van der Waals surface area contributed by atoms with Gasteiger partial charge in [-0.15, -0.1) is 0 Å². The lowest BCUT2D eigenvalue weighted by atomic mass is 10.0. The average molecular weight is 941 g/mol. The summed E-state index contributed by atoms with van der Waals surface area (Å²) >= 11 is 0. The van der Waals surface area contributed by atoms with E-state index in [1.54, 1.807) is 6.08 Å². The number of nitrogens with one attached hydrogen (secondary N) is 1. The Hall–Kier alpha value is -2.18. The van der Waals surface area contributed by atoms with Crippen molar-refractivity contribution < 1.29 is 24.5 Å². The van der Waals surface area contributed by atoms with Crippen LogP contribution >= 0.6 is 0 Å². The summed E-state index contributed by atoms with van der Waals surface area (Å²) < 4.78 is 5.45. The SMILES string of the molecule is CCCC/C=C\CCCCCCCC(=O)OCCCCCCCCCCC/C=C\C/C=C\CCCCCCCCCC(=O)NC(CO)C(O)/C=C/CCCCCCCCCCCCCCCC. The van der Waals surface area contributed by atoms with Crippen molar-refractivity contribution in [3.05, 3.63) is 48.6 Å². The molecule has 392 valence electrons. The molecule has 0 aromatic rings. The Morgan fingerprint density at radius 3 is 1.19 bits per heavy atom. The monoisotopic (exact) mass is 940 g/mol. The standard InChI is InChI=1S/C61H113NO5/c1-3-5-7-9-11-13-15-16-17-27-30-34-37-41-45-49-53-59(64)58(57-63)62-60(65)54-50-46-42-38-35-31-28-25-23-21-19-18-20-22-24-26-29-32-36-40-44-48-52-56-67-61(66)55-51-47-43-39-33-14-12-10-8-6-4-2/h10,12,18,20-21,23,49,53,58-59,63-64H,3-9,11,13-17,19,22,24-48,50-52,54-57H2,1-2H3,(H,62,65)/b12-10-,20-18-,23-21-,53-49+. The number of allylic oxidation sites excluding steroid dienone is 7. The van der Waals surface area contributed by atoms with Gasteiger partial charge in [0.15, 0.2) is 0 Å². The molecule has 0 saturated carbocycles. The second kappa shape index (κ2) is 56.4. The Balaban J connectivity index is 3.49. The molecule has 0 bridgehead atoms. The topological polar surface area (TPSA) is 95.9 Å². The Labute approximate surface area is 416 Å². The van der Waals surface area contributed by atoms with Crippen molar-refractivity contribution in [1.82, 2.24) is 5.32 Å². The molecule has 0 aliphatic rings. The van der Waals surface area contributed by atoms with Gasteiger partial charge in [0.1, 0.15) is 0 Å². The first-order chi connectivity index (χ1) is 33.0. The number of esters is 1. The summed E-state index contributed by atoms with van der Waals surface area (Å²) in [5.74, 6) is -0.0832. The molecule has 0 aliphatic heterocycles. The average Bonchev–Trinajstić information content (AvgIpc) is 3.33. The van der Waals surface area contributed by atoms with Crippen molar-refractivity contribution in [2.75, 3.05) is 13.2 Å². The van der Waals surface area contributed by atoms with Gasteiger partial charge in [-0.05, 0) is 83.5 Å². The molecular formula is C61H113NO5. The maximum absolute atomic E-state index is 12.5. The van der Waals surface area contributed by atoms with E-state index in [0.29, 0.717) is 19.4 Å². The number of hydrogen-bond donors (Lipinski definition) is 3. The summed E-state index contributed by atoms with van der Waals surface area (Å²) in [6, 6.07) is -0.636. The van der Waals surface area contributed by atoms with E-state index < -0.39 is 12.1 Å². The minimum atomic E-state index is -0.852. The smallest absolute Gasteiger partial charge is 0.305 e. The van der Waals surface area contributed by atoms with E-state index in [4.69, 9.17) is 4.74 Å². The van der Waals surface area contributed by atoms with Crippen molar-refractivity contribution in [2.45, 2.75) is 315 Å². The fourth-order valence-electron chi connectivity index (χ4n) is 8.76. The van der Waals surface area contributed by atoms with Gasteiger partial charge >= 0.3 is 5.97 Å². The molecule has 0 rings (SSSR count). The first-order valence-electron chi connectivity index (χ1n) is 29.4. The summed E-state index contributed by atoms with van der Waals surface area (Å²) in [6.07, 6.45) is 71.4. The van der Waals surface area contributed by atoms with E-state index in [1.165, 1.54) is 212 Å². The fraction of sp³-hybridized carbons (Fsp3) is 0.836. The van der Waals surface area contributed by atoms with Crippen LogP contribution in [0.15, 0.2) is 48.6 Å². The number of ether oxygens (including phenoxy) is 1. The number of carbonyl (C=O) groups excluding carboxylic acids is 2. The van der Waals surface area contributed by atoms with E-state index in [0.717, 1.165) is 64.2 Å². The van der Waals surface area contributed by atoms with Crippen molar-refractivity contribution in [3.8, 4) is 0 Å². The highest BCUT2D eigenvalue weighted by Crippen LogP contribution is 2.16. The molecule has 6 nitrogen and oxygen atoms in total. The molecular weight excluding hydrogens is 827 g/mol. The second-order valence-electron chi connectivity index (χ2n) is 20.0. The zero-order valence-corrected chi connectivity index (χ0v) is 44.6. The summed E-state index contributed by atoms with van der Waals surface area (Å²) in [7, 11) is 0. The van der Waals surface area contributed by atoms with Gasteiger partial charge in [0.25, 0.3) is 0 Å². The Morgan fingerprint density at radius 2 is 0.761 bits per heavy atom. The quantitative estimate of drug-likeness (QED) is 0.0321. The van der Waals surface area contributed by atoms with Crippen LogP contribution in [0, 0.1) is 0 Å². The van der Waals surface area contributed by atoms with Crippen LogP contribution in [0.5, 0.6) is 0 Å². The highest BCUT2D eigenvalue weighted by Gasteiger charge is 2.18. The maximum Gasteiger partial charge on any atom is 0.305 e. The first-order valence-corrected chi connectivity index (χ1v) is 29.4. The van der Waals surface area contributed by atoms with Crippen molar-refractivity contribution in [2.24, 2.45) is 0 Å². The lowest BCUT2D eigenvalue weighted by molar-refractivity contribution is -0.143. The highest BCUT2D eigenvalue weighted by atomic mass is 16.5. The van der Waals surface area contributed by atoms with Gasteiger partial charge in [-0.25, -0.2) is 0 Å². The minimum Gasteiger partial charge on any atom is -0.466 e. The predicted molar refractivity (Wildman–Crippen MR) is 292 cm³/mol. The lowest BCUT2D eigenvalue weighted by Gasteiger charge is -2.20. The second-order valence-corrected chi connectivity index (χ2v) is 20.0. The number of amides is 1. The Bertz CT molecular complexity index is 1130. The lowest BCUT2D eigenvalue weighted by Crippen LogP contribution is -2.45. The molecule has 0 fully saturated rings. The molecule has 0 aromatic heterocycles. The molecule has 0 saturated heterocycles. The first kappa shape index (κ1) is 64.8. The third-order valence-corrected chi connectivity index (χ3v) is 13.3. The summed E-state index contributed by atoms with van der Waals surface area (Å²) in [5, 5.41) is 23.1. The maximum atomic E-state index is 12.5. The van der Waals surface area contributed by atoms with E-state index in [9.17, 15) is 19.8 Å². The summed E-state index contributed by atoms with van der Waals surface area (Å²) in [4.78, 5) is 24.4. The van der Waals surface area contributed by atoms with Crippen LogP contribution in [0.3, 0.4) is 0 Å². The molecule has 0 aromatic carbocycles. The zero-order valence-electron chi connectivity index (χ0n) is 44.6. The van der Waals surface area contributed by atoms with Gasteiger partial charge in [0.05, 0.1) is 25.4 Å². The van der Waals surface area contributed by atoms with Crippen LogP contribution in [-0.4, -0.2) is 47.4 Å². The van der Waals surface area contributed by atoms with Crippen molar-refractivity contribution in [3.63, 3.8) is 0 Å². The van der Waals surface area contributed by atoms with Gasteiger partial charge in [0.2, 0.25) is 5.91 Å². The molecule has 0 radical (unpaired) electrons. The third kappa shape index (κ3) is 53.0. The molecule has 2 atom stereocenters. The minimum absolute atomic E-state index is 0.00515. The number of rotatable bonds is 54. The number of hydrogen-bond acceptors (Lipinski definition) is 5. The number of aliphatic hydroxyl groups excluding tert-OH is 2. The largest absolute Gasteiger partial charge is 0.466 e. The molecule has 6 heteroatoms. The van der Waals surface area contributed by atoms with Gasteiger partial charge in [-0.1, -0.05) is 255 Å². The molecule has 0 spiro atoms. The van der Waals surface area contributed by atoms with Crippen LogP contribution in [0.1, 0.15) is 303 Å². The van der Waals surface area contributed by atoms with Gasteiger partial charge in [0, 0.05) is 12.8 Å². The normalized spacial score (nSPS) is 13.0. The van der Waals surface area contributed by atoms with Crippen LogP contribution in [-0.2, 0) is 14.3 Å². The van der Waals surface area contributed by atoms with Crippen LogP contribution in [0.4, 0.5) is 0 Å². The molecule has 67 heavy (non-hydrogen) atoms. The van der Waals surface area contributed by atoms with Gasteiger partial charge in [-0.2, -0.15) is 0 Å². The summed E-state index contributed by atoms with van der Waals surface area (Å²) in [5.41, 5.74) is 0. The predicted octanol–water partition coefficient (Wildman–Crippen LogP) is 18.2. The van der Waals surface area contributed by atoms with Crippen LogP contribution in [0.25, 0.3) is 0 Å². The number of carbonyl (C=O) groups is 2. The van der Waals surface area contributed by atoms with Gasteiger partial charge < -0.3 is 20.3 Å². The number of aliphatic hydroxyl groups is 2. The highest BCUT2D eigenvalue weighted by molar-refractivity contribution is 5.76. The van der Waals surface area contributed by atoms with Crippen LogP contribution in [0.2, 0.25) is 0 Å². The van der Waals surface area contributed by atoms with E-state index >= 15 is 0 Å². The molecule has 0 heterocycles. The Kier molecular flexibility index (Phi) is 54.6. The molecule has 2 unspecified atom stereocenters. The molecule has 0 aliphatic carbocycles. The Morgan fingerprint density at radius 1 is 0.418 bits per heavy atom. The third-order valence-electron chi connectivity index (χ3n) is 13.3. The summed E-state index contributed by atoms with van der Waals surface area (Å²) in [6.45, 7) is 4.86. The molecule has 3 N–H and O–H groups in total. The van der Waals surface area contributed by atoms with Crippen molar-refractivity contribution >= 4 is 11.9 Å². The fourth-order valence-corrected chi connectivity index (χ4v) is 8.76. The number of unbranched alkanes of at least 4 members (excludes halogenated alkanes) is 37.